The van der Waals surface area contributed by atoms with Crippen LogP contribution in [0.25, 0.3) is 0 Å². The molecule has 16 heavy (non-hydrogen) atoms. The van der Waals surface area contributed by atoms with Gasteiger partial charge >= 0.3 is 107 Å². The van der Waals surface area contributed by atoms with Crippen LogP contribution in [0, 0.1) is 0 Å². The molecule has 2 nitrogen and oxygen atoms in total. The Morgan fingerprint density at radius 3 is 2.50 bits per heavy atom. The third-order valence-electron chi connectivity index (χ3n) is 2.75. The van der Waals surface area contributed by atoms with Crippen LogP contribution in [0.4, 0.5) is 0 Å². The maximum atomic E-state index is 11.7. The molecular weight excluding hydrogens is 316 g/mol. The Morgan fingerprint density at radius 1 is 1.50 bits per heavy atom. The molecule has 0 aliphatic carbocycles. The molecule has 0 N–H and O–H groups in total. The molecule has 1 aromatic rings. The average molecular weight is 334 g/mol. The van der Waals surface area contributed by atoms with Crippen LogP contribution < -0.4 is 0 Å². The van der Waals surface area contributed by atoms with E-state index in [-0.39, 0.29) is 32.0 Å². The minimum atomic E-state index is -0.387. The number of carbonyl (C=O) groups is 1. The number of rotatable bonds is 5. The van der Waals surface area contributed by atoms with E-state index < -0.39 is 0 Å². The fourth-order valence-electron chi connectivity index (χ4n) is 1.60. The van der Waals surface area contributed by atoms with Crippen molar-refractivity contribution in [1.82, 2.24) is 0 Å². The van der Waals surface area contributed by atoms with Gasteiger partial charge in [-0.3, -0.25) is 0 Å². The number of hydrogen-bond donors (Lipinski definition) is 0. The van der Waals surface area contributed by atoms with Gasteiger partial charge < -0.3 is 0 Å². The van der Waals surface area contributed by atoms with E-state index in [1.54, 1.807) is 6.92 Å². The summed E-state index contributed by atoms with van der Waals surface area (Å²) >= 11 is -0.283. The van der Waals surface area contributed by atoms with Crippen LogP contribution in [0.15, 0.2) is 28.4 Å². The molecule has 3 heteroatoms. The molecule has 0 unspecified atom stereocenters. The van der Waals surface area contributed by atoms with Crippen molar-refractivity contribution in [2.45, 2.75) is 39.2 Å². The van der Waals surface area contributed by atoms with Gasteiger partial charge in [-0.25, -0.2) is 0 Å². The van der Waals surface area contributed by atoms with Crippen LogP contribution in [0.5, 0.6) is 0 Å². The molecule has 0 atom stereocenters. The predicted octanol–water partition coefficient (Wildman–Crippen LogP) is 2.88. The summed E-state index contributed by atoms with van der Waals surface area (Å²) in [6.45, 7) is 9.47. The van der Waals surface area contributed by atoms with E-state index in [2.05, 4.69) is 36.6 Å². The molecule has 0 radical (unpaired) electrons. The van der Waals surface area contributed by atoms with Gasteiger partial charge in [0, 0.05) is 0 Å². The molecule has 0 amide bonds. The second-order valence-electron chi connectivity index (χ2n) is 3.85. The van der Waals surface area contributed by atoms with Gasteiger partial charge in [-0.2, -0.15) is 0 Å². The summed E-state index contributed by atoms with van der Waals surface area (Å²) in [5, 5.41) is 0. The van der Waals surface area contributed by atoms with Gasteiger partial charge in [-0.05, 0) is 0 Å². The molecule has 0 bridgehead atoms. The first-order valence-corrected chi connectivity index (χ1v) is 7.99. The van der Waals surface area contributed by atoms with Crippen molar-refractivity contribution >= 4 is 26.4 Å². The zero-order valence-electron chi connectivity index (χ0n) is 10.1. The second-order valence-corrected chi connectivity index (χ2v) is 6.55. The van der Waals surface area contributed by atoms with E-state index in [0.29, 0.717) is 5.57 Å². The molecule has 0 saturated heterocycles. The van der Waals surface area contributed by atoms with Crippen LogP contribution in [0.3, 0.4) is 0 Å². The first-order chi connectivity index (χ1) is 7.55. The van der Waals surface area contributed by atoms with E-state index in [1.165, 1.54) is 3.58 Å². The van der Waals surface area contributed by atoms with E-state index in [0.717, 1.165) is 12.8 Å². The van der Waals surface area contributed by atoms with Crippen molar-refractivity contribution in [1.29, 1.82) is 0 Å². The monoisotopic (exact) mass is 336 g/mol. The Hall–Kier alpha value is -0.520. The molecule has 1 aromatic heterocycles. The molecule has 0 aliphatic heterocycles. The molecular formula is C13H18O2Te. The third kappa shape index (κ3) is 2.78. The maximum absolute atomic E-state index is 11.7. The Balaban J connectivity index is 2.98. The topological polar surface area (TPSA) is 26.3 Å². The van der Waals surface area contributed by atoms with E-state index >= 15 is 0 Å². The summed E-state index contributed by atoms with van der Waals surface area (Å²) in [5.74, 6) is -0.274. The number of hydrogen-bond acceptors (Lipinski definition) is 2. The Kier molecular flexibility index (Phi) is 4.83. The minimum absolute atomic E-state index is 0.274. The summed E-state index contributed by atoms with van der Waals surface area (Å²) < 4.78 is 9.20. The van der Waals surface area contributed by atoms with Crippen LogP contribution in [0.1, 0.15) is 37.2 Å². The fourth-order valence-corrected chi connectivity index (χ4v) is 4.47. The molecule has 0 fully saturated rings. The molecule has 0 aliphatic rings. The first kappa shape index (κ1) is 13.5. The Labute approximate surface area is 107 Å². The van der Waals surface area contributed by atoms with Crippen LogP contribution in [-0.4, -0.2) is 26.4 Å². The summed E-state index contributed by atoms with van der Waals surface area (Å²) in [5.41, 5.74) is 0.0836. The number of carbonyl (C=O) groups excluding carboxylic acids is 1. The quantitative estimate of drug-likeness (QED) is 0.470. The Bertz CT molecular complexity index is 361. The van der Waals surface area contributed by atoms with Crippen molar-refractivity contribution in [3.8, 4) is 0 Å². The van der Waals surface area contributed by atoms with Crippen LogP contribution in [0.2, 0.25) is 0 Å². The van der Waals surface area contributed by atoms with Crippen molar-refractivity contribution < 1.29 is 9.53 Å². The molecule has 0 spiro atoms. The summed E-state index contributed by atoms with van der Waals surface area (Å²) in [6.07, 6.45) is 1.67. The zero-order chi connectivity index (χ0) is 12.2. The second kappa shape index (κ2) is 5.70. The van der Waals surface area contributed by atoms with E-state index in [1.807, 2.05) is 0 Å². The predicted molar refractivity (Wildman–Crippen MR) is 66.5 cm³/mol. The van der Waals surface area contributed by atoms with Crippen LogP contribution in [-0.2, 0) is 15.1 Å². The average Bonchev–Trinajstić information content (AvgIpc) is 2.79. The molecule has 1 heterocycles. The van der Waals surface area contributed by atoms with Crippen molar-refractivity contribution in [3.63, 3.8) is 0 Å². The van der Waals surface area contributed by atoms with Gasteiger partial charge in [0.15, 0.2) is 0 Å². The zero-order valence-corrected chi connectivity index (χ0v) is 12.4. The number of esters is 1. The first-order valence-electron chi connectivity index (χ1n) is 5.48. The van der Waals surface area contributed by atoms with Gasteiger partial charge in [0.1, 0.15) is 0 Å². The van der Waals surface area contributed by atoms with E-state index in [9.17, 15) is 4.79 Å². The Morgan fingerprint density at radius 2 is 2.12 bits per heavy atom. The van der Waals surface area contributed by atoms with Gasteiger partial charge in [0.05, 0.1) is 0 Å². The summed E-state index contributed by atoms with van der Waals surface area (Å²) in [4.78, 5) is 11.7. The normalized spacial score (nSPS) is 11.2. The van der Waals surface area contributed by atoms with Crippen molar-refractivity contribution in [3.05, 3.63) is 31.9 Å². The van der Waals surface area contributed by atoms with Gasteiger partial charge in [-0.1, -0.05) is 0 Å². The van der Waals surface area contributed by atoms with Crippen molar-refractivity contribution in [2.24, 2.45) is 0 Å². The number of ether oxygens (including phenoxy) is 1. The molecule has 0 aromatic carbocycles. The van der Waals surface area contributed by atoms with Crippen molar-refractivity contribution in [2.75, 3.05) is 0 Å². The van der Waals surface area contributed by atoms with Gasteiger partial charge in [0.2, 0.25) is 0 Å². The van der Waals surface area contributed by atoms with Gasteiger partial charge in [0.25, 0.3) is 0 Å². The van der Waals surface area contributed by atoms with Crippen LogP contribution >= 0.6 is 0 Å². The standard InChI is InChI=1S/C13H18O2Te/c1-5-13(6-2,11-8-7-9-16-11)15-12(14)10(3)4/h7-9H,3,5-6H2,1-2,4H3. The molecule has 88 valence electrons. The van der Waals surface area contributed by atoms with E-state index in [4.69, 9.17) is 4.74 Å². The summed E-state index contributed by atoms with van der Waals surface area (Å²) in [6, 6.07) is 4.19. The SMILES string of the molecule is C=C(C)C(=O)OC(CC)(CC)c1ccc[te]1. The fraction of sp³-hybridized carbons (Fsp3) is 0.462. The molecule has 0 saturated carbocycles. The van der Waals surface area contributed by atoms with Gasteiger partial charge in [-0.15, -0.1) is 0 Å². The third-order valence-corrected chi connectivity index (χ3v) is 5.76. The summed E-state index contributed by atoms with van der Waals surface area (Å²) in [7, 11) is 0. The molecule has 1 rings (SSSR count).